The third kappa shape index (κ3) is 6.66. The zero-order chi connectivity index (χ0) is 17.9. The van der Waals surface area contributed by atoms with Crippen molar-refractivity contribution in [3.8, 4) is 0 Å². The molecule has 0 saturated heterocycles. The van der Waals surface area contributed by atoms with Crippen molar-refractivity contribution in [2.75, 3.05) is 13.2 Å². The van der Waals surface area contributed by atoms with Crippen molar-refractivity contribution in [1.82, 2.24) is 0 Å². The lowest BCUT2D eigenvalue weighted by Crippen LogP contribution is -2.25. The van der Waals surface area contributed by atoms with E-state index in [2.05, 4.69) is 13.8 Å². The molecule has 0 radical (unpaired) electrons. The van der Waals surface area contributed by atoms with Crippen LogP contribution < -0.4 is 0 Å². The highest BCUT2D eigenvalue weighted by Crippen LogP contribution is 2.34. The molecular weight excluding hydrogens is 304 g/mol. The number of esters is 2. The molecule has 0 spiro atoms. The molecule has 4 heteroatoms. The fourth-order valence-electron chi connectivity index (χ4n) is 3.19. The van der Waals surface area contributed by atoms with Crippen molar-refractivity contribution < 1.29 is 19.1 Å². The number of rotatable bonds is 9. The zero-order valence-electron chi connectivity index (χ0n) is 15.9. The zero-order valence-corrected chi connectivity index (χ0v) is 15.9. The van der Waals surface area contributed by atoms with Gasteiger partial charge in [0.1, 0.15) is 0 Å². The van der Waals surface area contributed by atoms with E-state index in [1.165, 1.54) is 6.42 Å². The predicted octanol–water partition coefficient (Wildman–Crippen LogP) is 4.82. The second kappa shape index (κ2) is 11.3. The van der Waals surface area contributed by atoms with E-state index in [4.69, 9.17) is 9.47 Å². The molecule has 1 saturated carbocycles. The molecule has 1 aliphatic rings. The third-order valence-corrected chi connectivity index (χ3v) is 4.29. The monoisotopic (exact) mass is 338 g/mol. The van der Waals surface area contributed by atoms with Gasteiger partial charge in [0, 0.05) is 5.57 Å². The van der Waals surface area contributed by atoms with Crippen molar-refractivity contribution in [2.45, 2.75) is 79.1 Å². The summed E-state index contributed by atoms with van der Waals surface area (Å²) in [6, 6.07) is 0. The molecule has 0 heterocycles. The van der Waals surface area contributed by atoms with Gasteiger partial charge < -0.3 is 9.47 Å². The quantitative estimate of drug-likeness (QED) is 0.447. The standard InChI is InChI=1S/C20H34O4/c1-5-12-23-19(21)17(14-15(3)4)18(20(22)24-13-6-2)16-10-8-7-9-11-16/h15-16H,5-14H2,1-4H3/b18-17-. The number of carbonyl (C=O) groups is 2. The van der Waals surface area contributed by atoms with Gasteiger partial charge in [-0.25, -0.2) is 9.59 Å². The summed E-state index contributed by atoms with van der Waals surface area (Å²) in [5.41, 5.74) is 1.14. The summed E-state index contributed by atoms with van der Waals surface area (Å²) in [6.07, 6.45) is 7.45. The van der Waals surface area contributed by atoms with Gasteiger partial charge in [-0.3, -0.25) is 0 Å². The largest absolute Gasteiger partial charge is 0.462 e. The molecule has 1 rings (SSSR count). The highest BCUT2D eigenvalue weighted by Gasteiger charge is 2.31. The molecule has 0 aromatic heterocycles. The Balaban J connectivity index is 3.18. The Labute approximate surface area is 147 Å². The van der Waals surface area contributed by atoms with Crippen LogP contribution in [-0.2, 0) is 19.1 Å². The van der Waals surface area contributed by atoms with Crippen molar-refractivity contribution in [2.24, 2.45) is 11.8 Å². The lowest BCUT2D eigenvalue weighted by atomic mass is 9.80. The molecule has 0 N–H and O–H groups in total. The predicted molar refractivity (Wildman–Crippen MR) is 95.6 cm³/mol. The highest BCUT2D eigenvalue weighted by molar-refractivity contribution is 6.00. The van der Waals surface area contributed by atoms with Crippen molar-refractivity contribution in [3.63, 3.8) is 0 Å². The Morgan fingerprint density at radius 2 is 1.46 bits per heavy atom. The third-order valence-electron chi connectivity index (χ3n) is 4.29. The number of ether oxygens (including phenoxy) is 2. The Kier molecular flexibility index (Phi) is 9.73. The molecule has 0 bridgehead atoms. The van der Waals surface area contributed by atoms with E-state index in [0.29, 0.717) is 30.8 Å². The summed E-state index contributed by atoms with van der Waals surface area (Å²) in [6.45, 7) is 8.85. The van der Waals surface area contributed by atoms with Gasteiger partial charge in [0.25, 0.3) is 0 Å². The van der Waals surface area contributed by atoms with E-state index in [9.17, 15) is 9.59 Å². The Morgan fingerprint density at radius 1 is 0.917 bits per heavy atom. The molecular formula is C20H34O4. The first-order valence-corrected chi connectivity index (χ1v) is 9.58. The van der Waals surface area contributed by atoms with Gasteiger partial charge in [0.15, 0.2) is 0 Å². The van der Waals surface area contributed by atoms with Gasteiger partial charge in [-0.1, -0.05) is 47.0 Å². The lowest BCUT2D eigenvalue weighted by molar-refractivity contribution is -0.143. The molecule has 0 amide bonds. The second-order valence-electron chi connectivity index (χ2n) is 7.10. The van der Waals surface area contributed by atoms with E-state index in [1.807, 2.05) is 13.8 Å². The average Bonchev–Trinajstić information content (AvgIpc) is 2.57. The minimum atomic E-state index is -0.334. The van der Waals surface area contributed by atoms with Crippen molar-refractivity contribution in [3.05, 3.63) is 11.1 Å². The van der Waals surface area contributed by atoms with Crippen LogP contribution in [0.2, 0.25) is 0 Å². The van der Waals surface area contributed by atoms with Crippen LogP contribution in [0.4, 0.5) is 0 Å². The summed E-state index contributed by atoms with van der Waals surface area (Å²) in [5, 5.41) is 0. The Bertz CT molecular complexity index is 431. The average molecular weight is 338 g/mol. The van der Waals surface area contributed by atoms with E-state index in [0.717, 1.165) is 38.5 Å². The van der Waals surface area contributed by atoms with Gasteiger partial charge in [-0.15, -0.1) is 0 Å². The topological polar surface area (TPSA) is 52.6 Å². The van der Waals surface area contributed by atoms with Crippen molar-refractivity contribution in [1.29, 1.82) is 0 Å². The molecule has 0 aromatic carbocycles. The maximum atomic E-state index is 12.7. The SMILES string of the molecule is CCCOC(=O)/C(CC(C)C)=C(\C(=O)OCCC)C1CCCCC1. The van der Waals surface area contributed by atoms with Crippen LogP contribution in [0.25, 0.3) is 0 Å². The summed E-state index contributed by atoms with van der Waals surface area (Å²) >= 11 is 0. The minimum absolute atomic E-state index is 0.131. The van der Waals surface area contributed by atoms with Gasteiger partial charge in [-0.2, -0.15) is 0 Å². The fourth-order valence-corrected chi connectivity index (χ4v) is 3.19. The van der Waals surface area contributed by atoms with Crippen LogP contribution in [0.1, 0.15) is 79.1 Å². The molecule has 0 atom stereocenters. The summed E-state index contributed by atoms with van der Waals surface area (Å²) < 4.78 is 10.8. The number of carbonyl (C=O) groups excluding carboxylic acids is 2. The van der Waals surface area contributed by atoms with E-state index in [-0.39, 0.29) is 23.8 Å². The summed E-state index contributed by atoms with van der Waals surface area (Å²) in [4.78, 5) is 25.3. The second-order valence-corrected chi connectivity index (χ2v) is 7.10. The Morgan fingerprint density at radius 3 is 1.96 bits per heavy atom. The first kappa shape index (κ1) is 20.7. The van der Waals surface area contributed by atoms with Gasteiger partial charge in [0.2, 0.25) is 0 Å². The van der Waals surface area contributed by atoms with Gasteiger partial charge in [0.05, 0.1) is 18.8 Å². The summed E-state index contributed by atoms with van der Waals surface area (Å²) in [5.74, 6) is -0.231. The lowest BCUT2D eigenvalue weighted by Gasteiger charge is -2.26. The Hall–Kier alpha value is -1.32. The maximum Gasteiger partial charge on any atom is 0.334 e. The molecule has 1 aliphatic carbocycles. The number of hydrogen-bond donors (Lipinski definition) is 0. The molecule has 0 aromatic rings. The van der Waals surface area contributed by atoms with Crippen LogP contribution in [0.15, 0.2) is 11.1 Å². The van der Waals surface area contributed by atoms with Crippen molar-refractivity contribution >= 4 is 11.9 Å². The van der Waals surface area contributed by atoms with E-state index in [1.54, 1.807) is 0 Å². The van der Waals surface area contributed by atoms with Crippen LogP contribution in [0, 0.1) is 11.8 Å². The van der Waals surface area contributed by atoms with E-state index < -0.39 is 0 Å². The maximum absolute atomic E-state index is 12.7. The molecule has 138 valence electrons. The first-order valence-electron chi connectivity index (χ1n) is 9.58. The normalized spacial score (nSPS) is 16.7. The van der Waals surface area contributed by atoms with Gasteiger partial charge >= 0.3 is 11.9 Å². The minimum Gasteiger partial charge on any atom is -0.462 e. The van der Waals surface area contributed by atoms with Crippen LogP contribution in [0.3, 0.4) is 0 Å². The molecule has 0 aliphatic heterocycles. The molecule has 0 unspecified atom stereocenters. The first-order chi connectivity index (χ1) is 11.5. The van der Waals surface area contributed by atoms with Crippen LogP contribution in [-0.4, -0.2) is 25.2 Å². The fraction of sp³-hybridized carbons (Fsp3) is 0.800. The molecule has 24 heavy (non-hydrogen) atoms. The molecule has 4 nitrogen and oxygen atoms in total. The summed E-state index contributed by atoms with van der Waals surface area (Å²) in [7, 11) is 0. The van der Waals surface area contributed by atoms with Crippen LogP contribution in [0.5, 0.6) is 0 Å². The highest BCUT2D eigenvalue weighted by atomic mass is 16.5. The van der Waals surface area contributed by atoms with Crippen LogP contribution >= 0.6 is 0 Å². The number of hydrogen-bond acceptors (Lipinski definition) is 4. The smallest absolute Gasteiger partial charge is 0.334 e. The van der Waals surface area contributed by atoms with Gasteiger partial charge in [-0.05, 0) is 43.9 Å². The van der Waals surface area contributed by atoms with E-state index >= 15 is 0 Å². The molecule has 1 fully saturated rings.